The van der Waals surface area contributed by atoms with Crippen LogP contribution in [0.25, 0.3) is 0 Å². The number of rotatable bonds is 2. The summed E-state index contributed by atoms with van der Waals surface area (Å²) < 4.78 is 35.4. The number of fused-ring (bicyclic) bond motifs is 7. The molecule has 0 amide bonds. The van der Waals surface area contributed by atoms with E-state index in [0.717, 1.165) is 53.8 Å². The minimum atomic E-state index is -3.69. The van der Waals surface area contributed by atoms with Gasteiger partial charge in [0.2, 0.25) is 0 Å². The molecule has 6 heteroatoms. The van der Waals surface area contributed by atoms with Crippen LogP contribution in [0.3, 0.4) is 0 Å². The Morgan fingerprint density at radius 1 is 0.953 bits per heavy atom. The zero-order chi connectivity index (χ0) is 29.9. The van der Waals surface area contributed by atoms with Crippen molar-refractivity contribution in [3.63, 3.8) is 0 Å². The molecule has 43 heavy (non-hydrogen) atoms. The predicted molar refractivity (Wildman–Crippen MR) is 169 cm³/mol. The summed E-state index contributed by atoms with van der Waals surface area (Å²) in [6.45, 7) is 11.9. The van der Waals surface area contributed by atoms with Crippen LogP contribution >= 0.6 is 0 Å². The van der Waals surface area contributed by atoms with Crippen LogP contribution in [0.2, 0.25) is 0 Å². The molecule has 8 rings (SSSR count). The fourth-order valence-corrected chi connectivity index (χ4v) is 12.6. The molecule has 0 radical (unpaired) electrons. The highest BCUT2D eigenvalue weighted by atomic mass is 32.2. The second-order valence-electron chi connectivity index (χ2n) is 16.1. The molecule has 1 aromatic heterocycles. The third-order valence-corrected chi connectivity index (χ3v) is 15.5. The molecule has 1 aliphatic heterocycles. The number of aromatic nitrogens is 2. The average Bonchev–Trinajstić information content (AvgIpc) is 3.60. The number of benzene rings is 1. The molecule has 1 saturated heterocycles. The van der Waals surface area contributed by atoms with Crippen molar-refractivity contribution in [1.29, 1.82) is 0 Å². The highest BCUT2D eigenvalue weighted by Gasteiger charge is 2.59. The number of allylic oxidation sites excluding steroid dienone is 1. The molecule has 3 saturated carbocycles. The molecule has 0 bridgehead atoms. The van der Waals surface area contributed by atoms with Crippen molar-refractivity contribution in [2.75, 3.05) is 0 Å². The third kappa shape index (κ3) is 4.24. The lowest BCUT2D eigenvalue weighted by molar-refractivity contribution is -0.0750. The number of hydrogen-bond donors (Lipinski definition) is 0. The van der Waals surface area contributed by atoms with Crippen LogP contribution in [0.4, 0.5) is 0 Å². The van der Waals surface area contributed by atoms with Crippen LogP contribution in [0.1, 0.15) is 102 Å². The van der Waals surface area contributed by atoms with Crippen molar-refractivity contribution < 1.29 is 13.2 Å². The molecule has 0 N–H and O–H groups in total. The van der Waals surface area contributed by atoms with Gasteiger partial charge in [-0.25, -0.2) is 0 Å². The number of nitrogens with zero attached hydrogens (tertiary/aromatic N) is 2. The van der Waals surface area contributed by atoms with Gasteiger partial charge in [0.25, 0.3) is 10.0 Å². The fraction of sp³-hybridized carbons (Fsp3) is 0.703. The van der Waals surface area contributed by atoms with Gasteiger partial charge in [0.05, 0.1) is 22.3 Å². The van der Waals surface area contributed by atoms with Gasteiger partial charge in [-0.2, -0.15) is 17.6 Å². The molecule has 6 aliphatic rings. The van der Waals surface area contributed by atoms with E-state index in [1.165, 1.54) is 55.5 Å². The normalized spacial score (nSPS) is 42.2. The van der Waals surface area contributed by atoms with E-state index in [-0.39, 0.29) is 11.0 Å². The van der Waals surface area contributed by atoms with E-state index in [9.17, 15) is 8.42 Å². The average molecular weight is 603 g/mol. The van der Waals surface area contributed by atoms with Crippen molar-refractivity contribution in [3.05, 3.63) is 58.4 Å². The lowest BCUT2D eigenvalue weighted by Crippen LogP contribution is -2.47. The van der Waals surface area contributed by atoms with Gasteiger partial charge in [-0.3, -0.25) is 0 Å². The van der Waals surface area contributed by atoms with Gasteiger partial charge < -0.3 is 4.74 Å². The lowest BCUT2D eigenvalue weighted by Gasteiger charge is -2.52. The molecule has 0 unspecified atom stereocenters. The van der Waals surface area contributed by atoms with Crippen LogP contribution < -0.4 is 0 Å². The van der Waals surface area contributed by atoms with Crippen LogP contribution in [-0.4, -0.2) is 29.3 Å². The minimum absolute atomic E-state index is 0.0503. The number of ether oxygens (including phenoxy) is 1. The van der Waals surface area contributed by atoms with Gasteiger partial charge in [-0.05, 0) is 143 Å². The van der Waals surface area contributed by atoms with E-state index >= 15 is 0 Å². The smallest absolute Gasteiger partial charge is 0.282 e. The Morgan fingerprint density at radius 2 is 1.72 bits per heavy atom. The third-order valence-electron chi connectivity index (χ3n) is 13.9. The maximum atomic E-state index is 13.5. The Balaban J connectivity index is 1.06. The largest absolute Gasteiger partial charge is 0.371 e. The Kier molecular flexibility index (Phi) is 6.50. The Bertz CT molecular complexity index is 1570. The van der Waals surface area contributed by atoms with Crippen molar-refractivity contribution in [1.82, 2.24) is 9.19 Å². The van der Waals surface area contributed by atoms with Crippen molar-refractivity contribution in [2.24, 2.45) is 46.8 Å². The van der Waals surface area contributed by atoms with E-state index in [4.69, 9.17) is 9.84 Å². The Morgan fingerprint density at radius 3 is 2.51 bits per heavy atom. The zero-order valence-corrected chi connectivity index (χ0v) is 27.6. The highest BCUT2D eigenvalue weighted by Crippen LogP contribution is 2.65. The lowest BCUT2D eigenvalue weighted by atomic mass is 9.52. The number of aryl methyl sites for hydroxylation is 1. The van der Waals surface area contributed by atoms with E-state index in [1.807, 2.05) is 25.3 Å². The molecule has 10 atom stereocenters. The van der Waals surface area contributed by atoms with Crippen molar-refractivity contribution in [2.45, 2.75) is 122 Å². The molecule has 232 valence electrons. The van der Waals surface area contributed by atoms with Gasteiger partial charge in [-0.15, -0.1) is 0 Å². The van der Waals surface area contributed by atoms with Gasteiger partial charge in [0.1, 0.15) is 0 Å². The van der Waals surface area contributed by atoms with Crippen LogP contribution in [-0.2, 0) is 27.6 Å². The molecular formula is C37H50N2O3S. The first kappa shape index (κ1) is 28.5. The van der Waals surface area contributed by atoms with E-state index in [1.54, 1.807) is 23.3 Å². The molecule has 1 spiro atoms. The second kappa shape index (κ2) is 9.79. The predicted octanol–water partition coefficient (Wildman–Crippen LogP) is 7.91. The molecule has 5 aliphatic carbocycles. The fourth-order valence-electron chi connectivity index (χ4n) is 11.4. The molecule has 5 nitrogen and oxygen atoms in total. The van der Waals surface area contributed by atoms with Crippen molar-refractivity contribution >= 4 is 10.0 Å². The van der Waals surface area contributed by atoms with E-state index in [2.05, 4.69) is 27.7 Å². The number of hydrogen-bond acceptors (Lipinski definition) is 4. The quantitative estimate of drug-likeness (QED) is 0.328. The van der Waals surface area contributed by atoms with Gasteiger partial charge in [0.15, 0.2) is 0 Å². The summed E-state index contributed by atoms with van der Waals surface area (Å²) in [4.78, 5) is 0.312. The summed E-state index contributed by atoms with van der Waals surface area (Å²) in [7, 11) is -3.69. The van der Waals surface area contributed by atoms with E-state index < -0.39 is 10.0 Å². The van der Waals surface area contributed by atoms with Crippen LogP contribution in [0.15, 0.2) is 46.5 Å². The van der Waals surface area contributed by atoms with Crippen LogP contribution in [0.5, 0.6) is 0 Å². The molecule has 2 aromatic rings. The maximum Gasteiger partial charge on any atom is 0.282 e. The molecule has 1 aromatic carbocycles. The summed E-state index contributed by atoms with van der Waals surface area (Å²) in [6, 6.07) is 7.12. The SMILES string of the molecule is CC1=C2C[C@H]3[C@@H](CC[C@@H]4Cc5nn(S(=O)(=O)c6ccc(C)cc6)cc5C[C@@]43C)[C@@H]2CC[C@@]2(C1)O[C@@H]1C[C@H](C)CC[C@H]1[C@H]2C. The molecular weight excluding hydrogens is 552 g/mol. The summed E-state index contributed by atoms with van der Waals surface area (Å²) in [5.74, 6) is 4.90. The summed E-state index contributed by atoms with van der Waals surface area (Å²) in [5.41, 5.74) is 6.86. The standard InChI is InChI=1S/C37H50N2O3S/c1-22-6-10-28(11-7-22)43(40,41)39-21-26-20-36(5)27(17-34(26)38-39)9-13-31-30-14-15-37(19-24(3)32(30)18-33(31)36)25(4)29-12-8-23(2)16-35(29)42-37/h6-7,10-11,21,23,25,27,29-31,33,35H,8-9,12-20H2,1-5H3/t23-,25-,27-,29+,30+,31+,33+,35-,36+,37+/m1/s1. The van der Waals surface area contributed by atoms with E-state index in [0.29, 0.717) is 34.7 Å². The first-order valence-electron chi connectivity index (χ1n) is 17.2. The summed E-state index contributed by atoms with van der Waals surface area (Å²) in [5, 5.41) is 4.71. The maximum absolute atomic E-state index is 13.5. The zero-order valence-electron chi connectivity index (χ0n) is 26.8. The molecule has 2 heterocycles. The molecule has 4 fully saturated rings. The van der Waals surface area contributed by atoms with Crippen molar-refractivity contribution in [3.8, 4) is 0 Å². The van der Waals surface area contributed by atoms with Gasteiger partial charge in [-0.1, -0.05) is 56.0 Å². The minimum Gasteiger partial charge on any atom is -0.371 e. The summed E-state index contributed by atoms with van der Waals surface area (Å²) >= 11 is 0. The monoisotopic (exact) mass is 602 g/mol. The van der Waals surface area contributed by atoms with Gasteiger partial charge >= 0.3 is 0 Å². The summed E-state index contributed by atoms with van der Waals surface area (Å²) in [6.07, 6.45) is 15.6. The first-order chi connectivity index (χ1) is 20.5. The Labute approximate surface area is 258 Å². The van der Waals surface area contributed by atoms with Gasteiger partial charge in [0, 0.05) is 6.20 Å². The van der Waals surface area contributed by atoms with Crippen LogP contribution in [0, 0.1) is 53.8 Å². The Hall–Kier alpha value is -1.92. The topological polar surface area (TPSA) is 61.2 Å². The first-order valence-corrected chi connectivity index (χ1v) is 18.7. The second-order valence-corrected chi connectivity index (χ2v) is 17.9. The highest BCUT2D eigenvalue weighted by molar-refractivity contribution is 7.89.